The maximum atomic E-state index is 11.9. The molecule has 0 radical (unpaired) electrons. The highest BCUT2D eigenvalue weighted by molar-refractivity contribution is 7.14. The first-order valence-electron chi connectivity index (χ1n) is 5.70. The third-order valence-electron chi connectivity index (χ3n) is 2.78. The smallest absolute Gasteiger partial charge is 0.257 e. The fourth-order valence-electron chi connectivity index (χ4n) is 1.67. The monoisotopic (exact) mass is 260 g/mol. The van der Waals surface area contributed by atoms with Crippen molar-refractivity contribution in [3.8, 4) is 0 Å². The number of hydrogen-bond donors (Lipinski definition) is 2. The molecule has 0 spiro atoms. The van der Waals surface area contributed by atoms with Crippen molar-refractivity contribution in [2.75, 3.05) is 11.1 Å². The average molecular weight is 260 g/mol. The summed E-state index contributed by atoms with van der Waals surface area (Å²) in [5, 5.41) is 5.42. The molecule has 1 aliphatic carbocycles. The summed E-state index contributed by atoms with van der Waals surface area (Å²) < 4.78 is 0. The van der Waals surface area contributed by atoms with Gasteiger partial charge in [0.15, 0.2) is 5.13 Å². The summed E-state index contributed by atoms with van der Waals surface area (Å²) in [5.41, 5.74) is 7.12. The molecule has 1 amide bonds. The number of anilines is 2. The molecule has 0 saturated heterocycles. The van der Waals surface area contributed by atoms with Gasteiger partial charge in [-0.1, -0.05) is 0 Å². The molecular formula is C12H12N4OS. The molecule has 3 N–H and O–H groups in total. The second-order valence-electron chi connectivity index (χ2n) is 4.28. The molecule has 6 heteroatoms. The van der Waals surface area contributed by atoms with Crippen molar-refractivity contribution in [2.24, 2.45) is 0 Å². The summed E-state index contributed by atoms with van der Waals surface area (Å²) in [4.78, 5) is 20.2. The molecule has 0 atom stereocenters. The summed E-state index contributed by atoms with van der Waals surface area (Å²) in [7, 11) is 0. The second kappa shape index (κ2) is 4.38. The number of nitrogens with one attached hydrogen (secondary N) is 1. The third-order valence-corrected chi connectivity index (χ3v) is 3.56. The zero-order valence-electron chi connectivity index (χ0n) is 9.59. The summed E-state index contributed by atoms with van der Waals surface area (Å²) >= 11 is 1.46. The number of nitrogens with zero attached hydrogens (tertiary/aromatic N) is 2. The minimum absolute atomic E-state index is 0.208. The van der Waals surface area contributed by atoms with E-state index >= 15 is 0 Å². The van der Waals surface area contributed by atoms with Gasteiger partial charge in [0.1, 0.15) is 5.82 Å². The first kappa shape index (κ1) is 11.2. The van der Waals surface area contributed by atoms with Crippen LogP contribution < -0.4 is 11.1 Å². The minimum atomic E-state index is -0.208. The van der Waals surface area contributed by atoms with Crippen LogP contribution in [-0.2, 0) is 0 Å². The summed E-state index contributed by atoms with van der Waals surface area (Å²) in [6.07, 6.45) is 3.93. The van der Waals surface area contributed by atoms with Gasteiger partial charge in [-0.05, 0) is 25.0 Å². The molecule has 0 bridgehead atoms. The van der Waals surface area contributed by atoms with Crippen molar-refractivity contribution in [3.63, 3.8) is 0 Å². The van der Waals surface area contributed by atoms with Crippen LogP contribution in [-0.4, -0.2) is 15.9 Å². The number of nitrogen functional groups attached to an aromatic ring is 1. The highest BCUT2D eigenvalue weighted by atomic mass is 32.1. The Morgan fingerprint density at radius 1 is 1.50 bits per heavy atom. The number of carbonyl (C=O) groups is 1. The minimum Gasteiger partial charge on any atom is -0.384 e. The van der Waals surface area contributed by atoms with Crippen LogP contribution in [0.15, 0.2) is 23.7 Å². The van der Waals surface area contributed by atoms with Crippen LogP contribution in [0, 0.1) is 0 Å². The van der Waals surface area contributed by atoms with E-state index in [1.54, 1.807) is 12.1 Å². The number of nitrogens with two attached hydrogens (primary N) is 1. The fourth-order valence-corrected chi connectivity index (χ4v) is 2.46. The Labute approximate surface area is 108 Å². The van der Waals surface area contributed by atoms with Crippen LogP contribution in [0.1, 0.15) is 34.8 Å². The molecule has 0 aliphatic heterocycles. The van der Waals surface area contributed by atoms with Gasteiger partial charge in [-0.15, -0.1) is 11.3 Å². The van der Waals surface area contributed by atoms with E-state index in [1.807, 2.05) is 5.38 Å². The van der Waals surface area contributed by atoms with Gasteiger partial charge in [-0.2, -0.15) is 0 Å². The molecule has 18 heavy (non-hydrogen) atoms. The lowest BCUT2D eigenvalue weighted by Crippen LogP contribution is -2.12. The number of hydrogen-bond acceptors (Lipinski definition) is 5. The van der Waals surface area contributed by atoms with Gasteiger partial charge >= 0.3 is 0 Å². The lowest BCUT2D eigenvalue weighted by Gasteiger charge is -2.01. The summed E-state index contributed by atoms with van der Waals surface area (Å²) in [6, 6.07) is 3.17. The average Bonchev–Trinajstić information content (AvgIpc) is 3.11. The van der Waals surface area contributed by atoms with Gasteiger partial charge < -0.3 is 5.73 Å². The molecule has 1 aliphatic rings. The predicted octanol–water partition coefficient (Wildman–Crippen LogP) is 2.25. The molecule has 1 fully saturated rings. The van der Waals surface area contributed by atoms with E-state index in [1.165, 1.54) is 30.4 Å². The van der Waals surface area contributed by atoms with Gasteiger partial charge in [-0.25, -0.2) is 9.97 Å². The summed E-state index contributed by atoms with van der Waals surface area (Å²) in [6.45, 7) is 0. The molecular weight excluding hydrogens is 248 g/mol. The van der Waals surface area contributed by atoms with E-state index in [4.69, 9.17) is 5.73 Å². The normalized spacial score (nSPS) is 14.4. The van der Waals surface area contributed by atoms with Crippen LogP contribution in [0.25, 0.3) is 0 Å². The Morgan fingerprint density at radius 2 is 2.33 bits per heavy atom. The van der Waals surface area contributed by atoms with E-state index in [2.05, 4.69) is 15.3 Å². The number of thiazole rings is 1. The molecule has 0 aromatic carbocycles. The zero-order chi connectivity index (χ0) is 12.5. The lowest BCUT2D eigenvalue weighted by molar-refractivity contribution is 0.102. The van der Waals surface area contributed by atoms with Crippen molar-refractivity contribution >= 4 is 28.2 Å². The van der Waals surface area contributed by atoms with Crippen molar-refractivity contribution in [1.82, 2.24) is 9.97 Å². The van der Waals surface area contributed by atoms with Crippen LogP contribution in [0.3, 0.4) is 0 Å². The number of pyridine rings is 1. The zero-order valence-corrected chi connectivity index (χ0v) is 10.4. The lowest BCUT2D eigenvalue weighted by atomic mass is 10.2. The predicted molar refractivity (Wildman–Crippen MR) is 70.7 cm³/mol. The molecule has 2 aromatic rings. The van der Waals surface area contributed by atoms with Crippen molar-refractivity contribution in [2.45, 2.75) is 18.8 Å². The van der Waals surface area contributed by atoms with Crippen LogP contribution in [0.5, 0.6) is 0 Å². The Bertz CT molecular complexity index is 591. The Morgan fingerprint density at radius 3 is 3.06 bits per heavy atom. The van der Waals surface area contributed by atoms with Crippen LogP contribution in [0.2, 0.25) is 0 Å². The van der Waals surface area contributed by atoms with Crippen molar-refractivity contribution in [1.29, 1.82) is 0 Å². The quantitative estimate of drug-likeness (QED) is 0.886. The second-order valence-corrected chi connectivity index (χ2v) is 5.13. The van der Waals surface area contributed by atoms with E-state index in [-0.39, 0.29) is 5.91 Å². The molecule has 5 nitrogen and oxygen atoms in total. The molecule has 1 saturated carbocycles. The van der Waals surface area contributed by atoms with Gasteiger partial charge in [0.25, 0.3) is 5.91 Å². The molecule has 92 valence electrons. The highest BCUT2D eigenvalue weighted by Gasteiger charge is 2.26. The van der Waals surface area contributed by atoms with Gasteiger partial charge in [0, 0.05) is 23.1 Å². The first-order chi connectivity index (χ1) is 8.72. The number of carbonyl (C=O) groups excluding carboxylic acids is 1. The SMILES string of the molecule is Nc1cc(C(=O)Nc2nc(C3CC3)cs2)ccn1. The Balaban J connectivity index is 1.73. The van der Waals surface area contributed by atoms with E-state index in [0.717, 1.165) is 5.69 Å². The van der Waals surface area contributed by atoms with Gasteiger partial charge in [-0.3, -0.25) is 10.1 Å². The van der Waals surface area contributed by atoms with E-state index < -0.39 is 0 Å². The number of aromatic nitrogens is 2. The Kier molecular flexibility index (Phi) is 2.71. The Hall–Kier alpha value is -1.95. The largest absolute Gasteiger partial charge is 0.384 e. The van der Waals surface area contributed by atoms with Crippen molar-refractivity contribution < 1.29 is 4.79 Å². The van der Waals surface area contributed by atoms with Gasteiger partial charge in [0.2, 0.25) is 0 Å². The molecule has 0 unspecified atom stereocenters. The maximum absolute atomic E-state index is 11.9. The third kappa shape index (κ3) is 2.33. The fraction of sp³-hybridized carbons (Fsp3) is 0.250. The summed E-state index contributed by atoms with van der Waals surface area (Å²) in [5.74, 6) is 0.727. The van der Waals surface area contributed by atoms with Crippen molar-refractivity contribution in [3.05, 3.63) is 35.0 Å². The standard InChI is InChI=1S/C12H12N4OS/c13-10-5-8(3-4-14-10)11(17)16-12-15-9(6-18-12)7-1-2-7/h3-7H,1-2H2,(H2,13,14)(H,15,16,17). The van der Waals surface area contributed by atoms with E-state index in [0.29, 0.717) is 22.4 Å². The van der Waals surface area contributed by atoms with Crippen LogP contribution in [0.4, 0.5) is 10.9 Å². The topological polar surface area (TPSA) is 80.9 Å². The number of rotatable bonds is 3. The van der Waals surface area contributed by atoms with E-state index in [9.17, 15) is 4.79 Å². The maximum Gasteiger partial charge on any atom is 0.257 e. The van der Waals surface area contributed by atoms with Crippen LogP contribution >= 0.6 is 11.3 Å². The highest BCUT2D eigenvalue weighted by Crippen LogP contribution is 2.40. The molecule has 2 heterocycles. The molecule has 3 rings (SSSR count). The van der Waals surface area contributed by atoms with Gasteiger partial charge in [0.05, 0.1) is 5.69 Å². The first-order valence-corrected chi connectivity index (χ1v) is 6.58. The molecule has 2 aromatic heterocycles. The number of amides is 1.